The van der Waals surface area contributed by atoms with E-state index in [0.717, 1.165) is 29.1 Å². The molecular weight excluding hydrogens is 419 g/mol. The van der Waals surface area contributed by atoms with Crippen LogP contribution in [0, 0.1) is 11.2 Å². The second kappa shape index (κ2) is 8.37. The number of hydrogen-bond donors (Lipinski definition) is 2. The number of nitrogens with two attached hydrogens (primary N) is 2. The molecule has 0 spiro atoms. The molecule has 4 N–H and O–H groups in total. The van der Waals surface area contributed by atoms with Gasteiger partial charge in [-0.25, -0.2) is 19.2 Å². The van der Waals surface area contributed by atoms with Gasteiger partial charge in [-0.3, -0.25) is 4.79 Å². The van der Waals surface area contributed by atoms with Crippen LogP contribution in [0.4, 0.5) is 4.39 Å². The minimum atomic E-state index is -0.809. The van der Waals surface area contributed by atoms with Gasteiger partial charge in [0.1, 0.15) is 16.3 Å². The predicted octanol–water partition coefficient (Wildman–Crippen LogP) is 2.03. The third-order valence-electron chi connectivity index (χ3n) is 5.74. The van der Waals surface area contributed by atoms with Crippen LogP contribution in [-0.4, -0.2) is 52.3 Å². The van der Waals surface area contributed by atoms with Crippen molar-refractivity contribution in [3.05, 3.63) is 64.3 Å². The van der Waals surface area contributed by atoms with Crippen LogP contribution in [0.1, 0.15) is 17.7 Å². The zero-order chi connectivity index (χ0) is 22.2. The van der Waals surface area contributed by atoms with Crippen molar-refractivity contribution in [2.24, 2.45) is 17.0 Å². The van der Waals surface area contributed by atoms with Crippen LogP contribution in [-0.2, 0) is 16.0 Å². The maximum Gasteiger partial charge on any atom is 0.317 e. The molecule has 0 amide bonds. The highest BCUT2D eigenvalue weighted by Gasteiger charge is 2.50. The Hall–Kier alpha value is -2.82. The average molecular weight is 445 g/mol. The van der Waals surface area contributed by atoms with E-state index in [-0.39, 0.29) is 11.8 Å². The molecule has 1 aliphatic heterocycles. The molecule has 31 heavy (non-hydrogen) atoms. The quantitative estimate of drug-likeness (QED) is 0.313. The molecule has 0 radical (unpaired) electrons. The lowest BCUT2D eigenvalue weighted by Crippen LogP contribution is -2.50. The number of aromatic nitrogens is 2. The molecule has 1 fully saturated rings. The Labute approximate surface area is 184 Å². The summed E-state index contributed by atoms with van der Waals surface area (Å²) in [7, 11) is 3.13. The van der Waals surface area contributed by atoms with Crippen molar-refractivity contribution < 1.29 is 13.9 Å². The first-order chi connectivity index (χ1) is 14.9. The first kappa shape index (κ1) is 21.4. The summed E-state index contributed by atoms with van der Waals surface area (Å²) in [6.45, 7) is 1.18. The van der Waals surface area contributed by atoms with Crippen molar-refractivity contribution in [1.82, 2.24) is 19.1 Å². The van der Waals surface area contributed by atoms with E-state index in [0.29, 0.717) is 24.4 Å². The Morgan fingerprint density at radius 1 is 1.39 bits per heavy atom. The molecule has 1 aromatic heterocycles. The van der Waals surface area contributed by atoms with E-state index < -0.39 is 5.41 Å². The number of benzene rings is 1. The summed E-state index contributed by atoms with van der Waals surface area (Å²) in [6.07, 6.45) is 6.40. The zero-order valence-electron chi connectivity index (χ0n) is 17.4. The highest BCUT2D eigenvalue weighted by molar-refractivity contribution is 8.00. The minimum absolute atomic E-state index is 0.274. The Kier molecular flexibility index (Phi) is 5.78. The highest BCUT2D eigenvalue weighted by Crippen LogP contribution is 2.46. The van der Waals surface area contributed by atoms with Gasteiger partial charge in [0.15, 0.2) is 0 Å². The number of carbonyl (C=O) groups is 1. The fourth-order valence-electron chi connectivity index (χ4n) is 4.19. The number of esters is 1. The number of carbonyl (C=O) groups excluding carboxylic acids is 1. The van der Waals surface area contributed by atoms with Gasteiger partial charge in [-0.15, -0.1) is 0 Å². The van der Waals surface area contributed by atoms with Gasteiger partial charge in [-0.2, -0.15) is 5.10 Å². The third-order valence-corrected chi connectivity index (χ3v) is 6.92. The van der Waals surface area contributed by atoms with Crippen molar-refractivity contribution in [3.63, 3.8) is 0 Å². The normalized spacial score (nSPS) is 21.2. The Morgan fingerprint density at radius 3 is 2.77 bits per heavy atom. The van der Waals surface area contributed by atoms with Crippen LogP contribution in [0.2, 0.25) is 0 Å². The summed E-state index contributed by atoms with van der Waals surface area (Å²) < 4.78 is 22.5. The zero-order valence-corrected chi connectivity index (χ0v) is 18.2. The number of halogens is 1. The molecule has 0 saturated carbocycles. The standard InChI is InChI=1S/C21H25FN6O2S/c1-26(24)19(11-23)31-27-8-7-15-9-18-14(10-21(15,13-27)20(29)30-2)12-25-28(18)17-5-3-16(22)4-6-17/h3-6,9,11-12H,7-8,10,13,23-24H2,1-2H3/b19-11+. The van der Waals surface area contributed by atoms with E-state index in [1.807, 2.05) is 6.08 Å². The van der Waals surface area contributed by atoms with Crippen molar-refractivity contribution in [2.45, 2.75) is 12.8 Å². The van der Waals surface area contributed by atoms with E-state index in [1.165, 1.54) is 42.4 Å². The maximum atomic E-state index is 13.3. The summed E-state index contributed by atoms with van der Waals surface area (Å²) in [6, 6.07) is 6.19. The maximum absolute atomic E-state index is 13.3. The van der Waals surface area contributed by atoms with Crippen LogP contribution in [0.5, 0.6) is 0 Å². The van der Waals surface area contributed by atoms with Crippen molar-refractivity contribution in [1.29, 1.82) is 0 Å². The monoisotopic (exact) mass is 444 g/mol. The van der Waals surface area contributed by atoms with Gasteiger partial charge in [-0.05, 0) is 66.3 Å². The van der Waals surface area contributed by atoms with Gasteiger partial charge in [0.2, 0.25) is 0 Å². The molecule has 1 aromatic carbocycles. The number of ether oxygens (including phenoxy) is 1. The summed E-state index contributed by atoms with van der Waals surface area (Å²) >= 11 is 1.42. The van der Waals surface area contributed by atoms with E-state index in [1.54, 1.807) is 30.1 Å². The predicted molar refractivity (Wildman–Crippen MR) is 118 cm³/mol. The number of fused-ring (bicyclic) bond motifs is 2. The number of hydrogen-bond acceptors (Lipinski definition) is 8. The summed E-state index contributed by atoms with van der Waals surface area (Å²) in [5.74, 6) is 5.27. The molecule has 4 rings (SSSR count). The number of rotatable bonds is 5. The summed E-state index contributed by atoms with van der Waals surface area (Å²) in [5.41, 5.74) is 8.52. The largest absolute Gasteiger partial charge is 0.468 e. The Morgan fingerprint density at radius 2 is 2.13 bits per heavy atom. The van der Waals surface area contributed by atoms with Gasteiger partial charge in [-0.1, -0.05) is 0 Å². The van der Waals surface area contributed by atoms with Gasteiger partial charge < -0.3 is 15.5 Å². The highest BCUT2D eigenvalue weighted by atomic mass is 32.2. The van der Waals surface area contributed by atoms with Gasteiger partial charge in [0.25, 0.3) is 0 Å². The molecule has 1 saturated heterocycles. The smallest absolute Gasteiger partial charge is 0.317 e. The molecule has 164 valence electrons. The molecule has 1 atom stereocenters. The van der Waals surface area contributed by atoms with E-state index in [4.69, 9.17) is 16.3 Å². The van der Waals surface area contributed by atoms with Crippen molar-refractivity contribution in [3.8, 4) is 5.69 Å². The molecular formula is C21H25FN6O2S. The topological polar surface area (TPSA) is 103 Å². The number of hydrazine groups is 1. The number of piperidine rings is 1. The lowest BCUT2D eigenvalue weighted by Gasteiger charge is -2.44. The van der Waals surface area contributed by atoms with E-state index in [2.05, 4.69) is 9.40 Å². The van der Waals surface area contributed by atoms with Crippen molar-refractivity contribution in [2.75, 3.05) is 27.2 Å². The average Bonchev–Trinajstić information content (AvgIpc) is 3.17. The second-order valence-electron chi connectivity index (χ2n) is 7.68. The molecule has 2 aliphatic rings. The first-order valence-electron chi connectivity index (χ1n) is 9.83. The van der Waals surface area contributed by atoms with Crippen LogP contribution in [0.15, 0.2) is 47.3 Å². The molecule has 8 nitrogen and oxygen atoms in total. The lowest BCUT2D eigenvalue weighted by atomic mass is 9.69. The van der Waals surface area contributed by atoms with Crippen LogP contribution in [0.25, 0.3) is 11.8 Å². The molecule has 2 aromatic rings. The van der Waals surface area contributed by atoms with E-state index in [9.17, 15) is 9.18 Å². The first-order valence-corrected chi connectivity index (χ1v) is 10.6. The molecule has 10 heteroatoms. The molecule has 0 bridgehead atoms. The fraction of sp³-hybridized carbons (Fsp3) is 0.333. The van der Waals surface area contributed by atoms with Crippen LogP contribution in [0.3, 0.4) is 0 Å². The van der Waals surface area contributed by atoms with Crippen molar-refractivity contribution >= 4 is 24.0 Å². The minimum Gasteiger partial charge on any atom is -0.468 e. The summed E-state index contributed by atoms with van der Waals surface area (Å²) in [4.78, 5) is 13.0. The fourth-order valence-corrected chi connectivity index (χ4v) is 5.11. The second-order valence-corrected chi connectivity index (χ2v) is 8.80. The van der Waals surface area contributed by atoms with Gasteiger partial charge in [0, 0.05) is 26.3 Å². The Bertz CT molecular complexity index is 1050. The van der Waals surface area contributed by atoms with E-state index >= 15 is 0 Å². The van der Waals surface area contributed by atoms with Gasteiger partial charge >= 0.3 is 5.97 Å². The molecule has 1 unspecified atom stereocenters. The SMILES string of the molecule is COC(=O)C12Cc3cnn(-c4ccc(F)cc4)c3C=C1CCN(S/C(=C/N)N(C)N)C2. The summed E-state index contributed by atoms with van der Waals surface area (Å²) in [5, 5.41) is 6.64. The number of nitrogens with zero attached hydrogens (tertiary/aromatic N) is 4. The van der Waals surface area contributed by atoms with Crippen LogP contribution >= 0.6 is 11.9 Å². The number of methoxy groups -OCH3 is 1. The van der Waals surface area contributed by atoms with Gasteiger partial charge in [0.05, 0.1) is 24.7 Å². The Balaban J connectivity index is 1.69. The third kappa shape index (κ3) is 3.82. The molecule has 1 aliphatic carbocycles. The molecule has 2 heterocycles. The lowest BCUT2D eigenvalue weighted by molar-refractivity contribution is -0.151. The van der Waals surface area contributed by atoms with Crippen LogP contribution < -0.4 is 11.6 Å².